The number of carbonyl (C=O) groups excluding carboxylic acids is 2. The van der Waals surface area contributed by atoms with Gasteiger partial charge in [0.1, 0.15) is 11.5 Å². The first-order chi connectivity index (χ1) is 14.6. The van der Waals surface area contributed by atoms with Crippen LogP contribution in [0.15, 0.2) is 48.5 Å². The second-order valence-electron chi connectivity index (χ2n) is 7.37. The van der Waals surface area contributed by atoms with Crippen molar-refractivity contribution in [3.8, 4) is 11.5 Å². The van der Waals surface area contributed by atoms with Gasteiger partial charge in [0, 0.05) is 30.3 Å². The van der Waals surface area contributed by atoms with Crippen molar-refractivity contribution in [3.05, 3.63) is 59.7 Å². The van der Waals surface area contributed by atoms with Crippen LogP contribution in [0.4, 0.5) is 0 Å². The van der Waals surface area contributed by atoms with Crippen LogP contribution in [0.2, 0.25) is 0 Å². The van der Waals surface area contributed by atoms with Gasteiger partial charge in [0.15, 0.2) is 0 Å². The summed E-state index contributed by atoms with van der Waals surface area (Å²) in [5, 5.41) is 3.08. The number of rotatable bonds is 8. The van der Waals surface area contributed by atoms with Crippen LogP contribution in [0.5, 0.6) is 11.5 Å². The van der Waals surface area contributed by atoms with Crippen molar-refractivity contribution in [2.75, 3.05) is 26.3 Å². The minimum Gasteiger partial charge on any atom is -0.494 e. The van der Waals surface area contributed by atoms with Crippen molar-refractivity contribution >= 4 is 11.8 Å². The van der Waals surface area contributed by atoms with Crippen molar-refractivity contribution in [1.29, 1.82) is 0 Å². The molecule has 160 valence electrons. The van der Waals surface area contributed by atoms with Gasteiger partial charge in [0.05, 0.1) is 13.2 Å². The largest absolute Gasteiger partial charge is 0.494 e. The summed E-state index contributed by atoms with van der Waals surface area (Å²) in [6.45, 7) is 6.50. The molecule has 0 aliphatic carbocycles. The highest BCUT2D eigenvalue weighted by molar-refractivity contribution is 5.95. The average molecular weight is 411 g/mol. The maximum Gasteiger partial charge on any atom is 0.253 e. The Morgan fingerprint density at radius 2 is 1.47 bits per heavy atom. The lowest BCUT2D eigenvalue weighted by Gasteiger charge is -2.32. The molecule has 0 spiro atoms. The van der Waals surface area contributed by atoms with E-state index in [-0.39, 0.29) is 17.9 Å². The molecule has 6 heteroatoms. The van der Waals surface area contributed by atoms with Crippen molar-refractivity contribution in [3.63, 3.8) is 0 Å². The summed E-state index contributed by atoms with van der Waals surface area (Å²) in [6, 6.07) is 14.5. The summed E-state index contributed by atoms with van der Waals surface area (Å²) in [4.78, 5) is 27.1. The molecule has 2 aromatic carbocycles. The molecule has 2 aromatic rings. The summed E-state index contributed by atoms with van der Waals surface area (Å²) in [7, 11) is 0. The first-order valence-electron chi connectivity index (χ1n) is 10.7. The topological polar surface area (TPSA) is 67.9 Å². The lowest BCUT2D eigenvalue weighted by Crippen LogP contribution is -2.46. The monoisotopic (exact) mass is 410 g/mol. The highest BCUT2D eigenvalue weighted by Crippen LogP contribution is 2.18. The third kappa shape index (κ3) is 5.75. The maximum atomic E-state index is 12.7. The molecule has 6 nitrogen and oxygen atoms in total. The van der Waals surface area contributed by atoms with Crippen LogP contribution >= 0.6 is 0 Å². The van der Waals surface area contributed by atoms with E-state index in [4.69, 9.17) is 9.47 Å². The number of nitrogens with one attached hydrogen (secondary N) is 1. The minimum atomic E-state index is -0.0895. The van der Waals surface area contributed by atoms with Crippen molar-refractivity contribution in [2.24, 2.45) is 0 Å². The lowest BCUT2D eigenvalue weighted by atomic mass is 10.0. The van der Waals surface area contributed by atoms with E-state index in [9.17, 15) is 9.59 Å². The fourth-order valence-corrected chi connectivity index (χ4v) is 3.46. The van der Waals surface area contributed by atoms with Gasteiger partial charge in [-0.15, -0.1) is 0 Å². The predicted octanol–water partition coefficient (Wildman–Crippen LogP) is 3.91. The maximum absolute atomic E-state index is 12.7. The Morgan fingerprint density at radius 3 is 2.03 bits per heavy atom. The Hall–Kier alpha value is -3.02. The average Bonchev–Trinajstić information content (AvgIpc) is 2.79. The summed E-state index contributed by atoms with van der Waals surface area (Å²) < 4.78 is 11.0. The molecule has 2 amide bonds. The highest BCUT2D eigenvalue weighted by atomic mass is 16.5. The Balaban J connectivity index is 1.47. The molecule has 1 aliphatic heterocycles. The Bertz CT molecular complexity index is 825. The van der Waals surface area contributed by atoms with Gasteiger partial charge in [-0.05, 0) is 74.7 Å². The molecule has 0 radical (unpaired) electrons. The molecule has 0 unspecified atom stereocenters. The van der Waals surface area contributed by atoms with Gasteiger partial charge in [0.2, 0.25) is 0 Å². The fourth-order valence-electron chi connectivity index (χ4n) is 3.46. The Morgan fingerprint density at radius 1 is 0.900 bits per heavy atom. The van der Waals surface area contributed by atoms with Crippen LogP contribution in [0.25, 0.3) is 0 Å². The standard InChI is InChI=1S/C24H30N2O4/c1-3-17-30-22-9-5-18(6-10-22)23(27)25-20-13-15-26(16-14-20)24(28)19-7-11-21(12-8-19)29-4-2/h5-12,20H,3-4,13-17H2,1-2H3,(H,25,27). The van der Waals surface area contributed by atoms with Crippen molar-refractivity contribution in [2.45, 2.75) is 39.2 Å². The van der Waals surface area contributed by atoms with Crippen LogP contribution in [0, 0.1) is 0 Å². The quantitative estimate of drug-likeness (QED) is 0.717. The van der Waals surface area contributed by atoms with E-state index in [2.05, 4.69) is 12.2 Å². The number of piperidine rings is 1. The first-order valence-corrected chi connectivity index (χ1v) is 10.7. The number of hydrogen-bond acceptors (Lipinski definition) is 4. The molecule has 0 aromatic heterocycles. The van der Waals surface area contributed by atoms with Gasteiger partial charge in [-0.25, -0.2) is 0 Å². The molecule has 1 N–H and O–H groups in total. The van der Waals surface area contributed by atoms with Crippen LogP contribution in [0.3, 0.4) is 0 Å². The number of ether oxygens (including phenoxy) is 2. The lowest BCUT2D eigenvalue weighted by molar-refractivity contribution is 0.0698. The molecule has 1 heterocycles. The number of amides is 2. The SMILES string of the molecule is CCCOc1ccc(C(=O)NC2CCN(C(=O)c3ccc(OCC)cc3)CC2)cc1. The van der Waals surface area contributed by atoms with Crippen LogP contribution in [0.1, 0.15) is 53.8 Å². The zero-order chi connectivity index (χ0) is 21.3. The molecule has 3 rings (SSSR count). The van der Waals surface area contributed by atoms with E-state index in [1.54, 1.807) is 24.3 Å². The normalized spacial score (nSPS) is 14.3. The van der Waals surface area contributed by atoms with Crippen LogP contribution in [-0.2, 0) is 0 Å². The number of benzene rings is 2. The van der Waals surface area contributed by atoms with Gasteiger partial charge in [-0.2, -0.15) is 0 Å². The number of nitrogens with zero attached hydrogens (tertiary/aromatic N) is 1. The zero-order valence-corrected chi connectivity index (χ0v) is 17.7. The van der Waals surface area contributed by atoms with Gasteiger partial charge in [-0.3, -0.25) is 9.59 Å². The highest BCUT2D eigenvalue weighted by Gasteiger charge is 2.25. The number of likely N-dealkylation sites (tertiary alicyclic amines) is 1. The Kier molecular flexibility index (Phi) is 7.71. The Labute approximate surface area is 178 Å². The summed E-state index contributed by atoms with van der Waals surface area (Å²) in [6.07, 6.45) is 2.43. The van der Waals surface area contributed by atoms with Crippen LogP contribution < -0.4 is 14.8 Å². The van der Waals surface area contributed by atoms with Gasteiger partial charge < -0.3 is 19.7 Å². The second-order valence-corrected chi connectivity index (χ2v) is 7.37. The van der Waals surface area contributed by atoms with Gasteiger partial charge in [-0.1, -0.05) is 6.92 Å². The second kappa shape index (κ2) is 10.7. The predicted molar refractivity (Wildman–Crippen MR) is 116 cm³/mol. The molecule has 1 aliphatic rings. The number of hydrogen-bond donors (Lipinski definition) is 1. The minimum absolute atomic E-state index is 0.0190. The van der Waals surface area contributed by atoms with Crippen molar-refractivity contribution in [1.82, 2.24) is 10.2 Å². The molecule has 0 atom stereocenters. The fraction of sp³-hybridized carbons (Fsp3) is 0.417. The molecule has 1 saturated heterocycles. The van der Waals surface area contributed by atoms with E-state index in [1.165, 1.54) is 0 Å². The number of carbonyl (C=O) groups is 2. The molecule has 0 bridgehead atoms. The summed E-state index contributed by atoms with van der Waals surface area (Å²) >= 11 is 0. The summed E-state index contributed by atoms with van der Waals surface area (Å²) in [5.74, 6) is 1.47. The zero-order valence-electron chi connectivity index (χ0n) is 17.7. The first kappa shape index (κ1) is 21.7. The smallest absolute Gasteiger partial charge is 0.253 e. The third-order valence-corrected chi connectivity index (χ3v) is 5.12. The van der Waals surface area contributed by atoms with Gasteiger partial charge >= 0.3 is 0 Å². The van der Waals surface area contributed by atoms with E-state index in [0.29, 0.717) is 37.4 Å². The van der Waals surface area contributed by atoms with E-state index in [0.717, 1.165) is 30.8 Å². The van der Waals surface area contributed by atoms with Crippen LogP contribution in [-0.4, -0.2) is 49.1 Å². The molecule has 30 heavy (non-hydrogen) atoms. The third-order valence-electron chi connectivity index (χ3n) is 5.12. The molecule has 0 saturated carbocycles. The molecule has 1 fully saturated rings. The molecular formula is C24H30N2O4. The van der Waals surface area contributed by atoms with Gasteiger partial charge in [0.25, 0.3) is 11.8 Å². The van der Waals surface area contributed by atoms with Crippen molar-refractivity contribution < 1.29 is 19.1 Å². The van der Waals surface area contributed by atoms with E-state index >= 15 is 0 Å². The summed E-state index contributed by atoms with van der Waals surface area (Å²) in [5.41, 5.74) is 1.28. The van der Waals surface area contributed by atoms with E-state index < -0.39 is 0 Å². The van der Waals surface area contributed by atoms with E-state index in [1.807, 2.05) is 36.1 Å². The molecular weight excluding hydrogens is 380 g/mol.